The molecule has 0 bridgehead atoms. The number of esters is 1. The van der Waals surface area contributed by atoms with Crippen molar-refractivity contribution in [3.63, 3.8) is 0 Å². The average Bonchev–Trinajstić information content (AvgIpc) is 3.11. The van der Waals surface area contributed by atoms with Gasteiger partial charge < -0.3 is 9.47 Å². The van der Waals surface area contributed by atoms with Crippen molar-refractivity contribution >= 4 is 17.7 Å². The van der Waals surface area contributed by atoms with Crippen molar-refractivity contribution in [3.8, 4) is 17.1 Å². The lowest BCUT2D eigenvalue weighted by atomic mass is 9.95. The normalized spacial score (nSPS) is 16.3. The summed E-state index contributed by atoms with van der Waals surface area (Å²) in [5, 5.41) is 9.31. The van der Waals surface area contributed by atoms with Gasteiger partial charge in [0.15, 0.2) is 11.0 Å². The van der Waals surface area contributed by atoms with Gasteiger partial charge in [-0.3, -0.25) is 9.36 Å². The molecule has 1 atom stereocenters. The molecule has 0 unspecified atom stereocenters. The molecule has 140 valence electrons. The molecular weight excluding hydrogens is 350 g/mol. The number of hydrogen-bond acceptors (Lipinski definition) is 6. The predicted octanol–water partition coefficient (Wildman–Crippen LogP) is 4.11. The third kappa shape index (κ3) is 4.03. The molecule has 2 aromatic rings. The summed E-state index contributed by atoms with van der Waals surface area (Å²) in [5.74, 6) is 1.41. The van der Waals surface area contributed by atoms with Crippen LogP contribution in [0.25, 0.3) is 11.4 Å². The van der Waals surface area contributed by atoms with Crippen LogP contribution in [0.1, 0.15) is 45.1 Å². The Morgan fingerprint density at radius 3 is 2.46 bits per heavy atom. The molecule has 1 heterocycles. The van der Waals surface area contributed by atoms with Gasteiger partial charge in [-0.25, -0.2) is 0 Å². The van der Waals surface area contributed by atoms with Gasteiger partial charge in [0.25, 0.3) is 0 Å². The van der Waals surface area contributed by atoms with Crippen molar-refractivity contribution in [2.24, 2.45) is 0 Å². The fourth-order valence-electron chi connectivity index (χ4n) is 3.33. The largest absolute Gasteiger partial charge is 0.497 e. The Morgan fingerprint density at radius 2 is 1.85 bits per heavy atom. The Hall–Kier alpha value is -2.02. The van der Waals surface area contributed by atoms with E-state index in [9.17, 15) is 4.79 Å². The van der Waals surface area contributed by atoms with E-state index < -0.39 is 0 Å². The van der Waals surface area contributed by atoms with E-state index in [2.05, 4.69) is 14.8 Å². The lowest BCUT2D eigenvalue weighted by Crippen LogP contribution is -2.18. The van der Waals surface area contributed by atoms with E-state index in [1.54, 1.807) is 7.11 Å². The number of carbonyl (C=O) groups is 1. The van der Waals surface area contributed by atoms with Gasteiger partial charge in [-0.15, -0.1) is 10.2 Å². The molecule has 0 aliphatic heterocycles. The number of nitrogens with zero attached hydrogens (tertiary/aromatic N) is 3. The molecule has 0 amide bonds. The highest BCUT2D eigenvalue weighted by Gasteiger charge is 2.26. The molecule has 0 saturated heterocycles. The molecule has 26 heavy (non-hydrogen) atoms. The minimum atomic E-state index is -0.324. The van der Waals surface area contributed by atoms with E-state index in [-0.39, 0.29) is 11.2 Å². The fraction of sp³-hybridized carbons (Fsp3) is 0.526. The Kier molecular flexibility index (Phi) is 6.19. The van der Waals surface area contributed by atoms with Gasteiger partial charge in [-0.1, -0.05) is 31.0 Å². The summed E-state index contributed by atoms with van der Waals surface area (Å²) in [6.45, 7) is 1.84. The van der Waals surface area contributed by atoms with Gasteiger partial charge in [-0.05, 0) is 44.0 Å². The number of hydrogen-bond donors (Lipinski definition) is 0. The molecule has 0 radical (unpaired) electrons. The zero-order valence-corrected chi connectivity index (χ0v) is 16.3. The fourth-order valence-corrected chi connectivity index (χ4v) is 4.28. The van der Waals surface area contributed by atoms with Crippen LogP contribution in [0, 0.1) is 0 Å². The average molecular weight is 375 g/mol. The Morgan fingerprint density at radius 1 is 1.15 bits per heavy atom. The lowest BCUT2D eigenvalue weighted by Gasteiger charge is -2.26. The molecule has 1 aliphatic carbocycles. The maximum atomic E-state index is 11.8. The van der Waals surface area contributed by atoms with Crippen LogP contribution in [0.3, 0.4) is 0 Å². The maximum absolute atomic E-state index is 11.8. The summed E-state index contributed by atoms with van der Waals surface area (Å²) in [6.07, 6.45) is 5.92. The van der Waals surface area contributed by atoms with Crippen molar-refractivity contribution in [2.75, 3.05) is 14.2 Å². The Balaban J connectivity index is 1.96. The molecule has 0 N–H and O–H groups in total. The topological polar surface area (TPSA) is 66.2 Å². The van der Waals surface area contributed by atoms with Crippen LogP contribution in [-0.4, -0.2) is 40.2 Å². The summed E-state index contributed by atoms with van der Waals surface area (Å²) in [4.78, 5) is 11.8. The number of aromatic nitrogens is 3. The molecule has 1 aromatic heterocycles. The van der Waals surface area contributed by atoms with Gasteiger partial charge in [0.1, 0.15) is 11.0 Å². The van der Waals surface area contributed by atoms with E-state index in [0.29, 0.717) is 6.04 Å². The van der Waals surface area contributed by atoms with Crippen LogP contribution in [0.15, 0.2) is 29.4 Å². The summed E-state index contributed by atoms with van der Waals surface area (Å²) in [7, 11) is 3.07. The minimum Gasteiger partial charge on any atom is -0.497 e. The summed E-state index contributed by atoms with van der Waals surface area (Å²) in [6, 6.07) is 8.22. The van der Waals surface area contributed by atoms with E-state index in [1.807, 2.05) is 31.2 Å². The van der Waals surface area contributed by atoms with E-state index in [4.69, 9.17) is 9.47 Å². The van der Waals surface area contributed by atoms with Crippen LogP contribution >= 0.6 is 11.8 Å². The zero-order chi connectivity index (χ0) is 18.5. The Bertz CT molecular complexity index is 739. The van der Waals surface area contributed by atoms with Crippen molar-refractivity contribution in [1.82, 2.24) is 14.8 Å². The van der Waals surface area contributed by atoms with Crippen LogP contribution in [0.4, 0.5) is 0 Å². The van der Waals surface area contributed by atoms with Gasteiger partial charge in [0.05, 0.1) is 14.2 Å². The number of rotatable bonds is 6. The molecule has 1 saturated carbocycles. The molecule has 7 heteroatoms. The number of benzene rings is 1. The third-order valence-corrected chi connectivity index (χ3v) is 5.80. The molecule has 1 aliphatic rings. The van der Waals surface area contributed by atoms with Crippen molar-refractivity contribution in [3.05, 3.63) is 24.3 Å². The summed E-state index contributed by atoms with van der Waals surface area (Å²) < 4.78 is 12.3. The van der Waals surface area contributed by atoms with Crippen LogP contribution in [0.5, 0.6) is 5.75 Å². The molecule has 1 aromatic carbocycles. The molecular formula is C19H25N3O3S. The standard InChI is InChI=1S/C19H25N3O3S/c1-13(18(23)25-3)26-19-21-20-17(14-9-11-16(24-2)12-10-14)22(19)15-7-5-4-6-8-15/h9-13,15H,4-8H2,1-3H3/t13-/m0/s1. The van der Waals surface area contributed by atoms with Gasteiger partial charge in [0.2, 0.25) is 0 Å². The van der Waals surface area contributed by atoms with E-state index in [1.165, 1.54) is 38.1 Å². The summed E-state index contributed by atoms with van der Waals surface area (Å²) >= 11 is 1.41. The predicted molar refractivity (Wildman–Crippen MR) is 101 cm³/mol. The highest BCUT2D eigenvalue weighted by molar-refractivity contribution is 8.00. The lowest BCUT2D eigenvalue weighted by molar-refractivity contribution is -0.139. The van der Waals surface area contributed by atoms with Crippen LogP contribution in [0.2, 0.25) is 0 Å². The monoisotopic (exact) mass is 375 g/mol. The molecule has 0 spiro atoms. The Labute approximate surface area is 158 Å². The highest BCUT2D eigenvalue weighted by atomic mass is 32.2. The SMILES string of the molecule is COC(=O)[C@H](C)Sc1nnc(-c2ccc(OC)cc2)n1C1CCCCC1. The van der Waals surface area contributed by atoms with Crippen LogP contribution < -0.4 is 4.74 Å². The second-order valence-corrected chi connectivity index (χ2v) is 7.79. The second-order valence-electron chi connectivity index (χ2n) is 6.48. The first-order valence-corrected chi connectivity index (χ1v) is 9.85. The number of thioether (sulfide) groups is 1. The first-order chi connectivity index (χ1) is 12.6. The first-order valence-electron chi connectivity index (χ1n) is 8.98. The number of ether oxygens (including phenoxy) is 2. The van der Waals surface area contributed by atoms with Gasteiger partial charge >= 0.3 is 5.97 Å². The maximum Gasteiger partial charge on any atom is 0.318 e. The van der Waals surface area contributed by atoms with Gasteiger partial charge in [-0.2, -0.15) is 0 Å². The molecule has 6 nitrogen and oxygen atoms in total. The van der Waals surface area contributed by atoms with Crippen molar-refractivity contribution in [2.45, 2.75) is 55.5 Å². The second kappa shape index (κ2) is 8.58. The van der Waals surface area contributed by atoms with Gasteiger partial charge in [0, 0.05) is 11.6 Å². The van der Waals surface area contributed by atoms with Crippen molar-refractivity contribution < 1.29 is 14.3 Å². The first kappa shape index (κ1) is 18.8. The minimum absolute atomic E-state index is 0.251. The van der Waals surface area contributed by atoms with E-state index in [0.717, 1.165) is 35.1 Å². The number of carbonyl (C=O) groups excluding carboxylic acids is 1. The third-order valence-electron chi connectivity index (χ3n) is 4.77. The molecule has 3 rings (SSSR count). The highest BCUT2D eigenvalue weighted by Crippen LogP contribution is 2.37. The number of methoxy groups -OCH3 is 2. The zero-order valence-electron chi connectivity index (χ0n) is 15.5. The quantitative estimate of drug-likeness (QED) is 0.559. The summed E-state index contributed by atoms with van der Waals surface area (Å²) in [5.41, 5.74) is 1.00. The van der Waals surface area contributed by atoms with E-state index >= 15 is 0 Å². The van der Waals surface area contributed by atoms with Crippen LogP contribution in [-0.2, 0) is 9.53 Å². The smallest absolute Gasteiger partial charge is 0.318 e. The molecule has 1 fully saturated rings. The van der Waals surface area contributed by atoms with Crippen molar-refractivity contribution in [1.29, 1.82) is 0 Å².